The molecule has 186 valence electrons. The molecule has 0 spiro atoms. The molecule has 0 bridgehead atoms. The zero-order valence-corrected chi connectivity index (χ0v) is 27.3. The molecule has 1 aliphatic rings. The number of fused-ring (bicyclic) bond motifs is 1. The number of rotatable bonds is 1. The van der Waals surface area contributed by atoms with Gasteiger partial charge in [0, 0.05) is 0 Å². The Labute approximate surface area is 239 Å². The van der Waals surface area contributed by atoms with Gasteiger partial charge in [-0.15, -0.1) is 78.4 Å². The molecule has 3 aromatic rings. The molecule has 0 saturated carbocycles. The van der Waals surface area contributed by atoms with Crippen LogP contribution in [-0.4, -0.2) is 6.88 Å². The molecule has 1 unspecified atom stereocenters. The molecule has 0 fully saturated rings. The first-order chi connectivity index (χ1) is 14.2. The van der Waals surface area contributed by atoms with Crippen molar-refractivity contribution in [3.8, 4) is 11.1 Å². The molecule has 0 heterocycles. The van der Waals surface area contributed by atoms with E-state index in [1.807, 2.05) is 0 Å². The van der Waals surface area contributed by atoms with Crippen molar-refractivity contribution in [3.63, 3.8) is 0 Å². The molecule has 0 aliphatic heterocycles. The molecule has 1 atom stereocenters. The van der Waals surface area contributed by atoms with Crippen LogP contribution >= 0.6 is 24.8 Å². The first-order valence-corrected chi connectivity index (χ1v) is 14.7. The predicted octanol–water partition coefficient (Wildman–Crippen LogP) is 9.61. The van der Waals surface area contributed by atoms with Gasteiger partial charge in [-0.25, -0.2) is 5.57 Å². The van der Waals surface area contributed by atoms with Gasteiger partial charge in [0.25, 0.3) is 0 Å². The van der Waals surface area contributed by atoms with E-state index in [1.54, 1.807) is 0 Å². The van der Waals surface area contributed by atoms with Gasteiger partial charge in [-0.1, -0.05) is 83.4 Å². The Morgan fingerprint density at radius 3 is 1.82 bits per heavy atom. The third kappa shape index (κ3) is 9.34. The molecule has 0 aromatic heterocycles. The molecule has 4 rings (SSSR count). The molecule has 4 heteroatoms. The fourth-order valence-corrected chi connectivity index (χ4v) is 3.71. The van der Waals surface area contributed by atoms with Crippen LogP contribution in [0.25, 0.3) is 21.9 Å². The summed E-state index contributed by atoms with van der Waals surface area (Å²) in [5.41, 5.74) is 8.47. The van der Waals surface area contributed by atoms with Crippen LogP contribution in [0.5, 0.6) is 0 Å². The van der Waals surface area contributed by atoms with E-state index < -0.39 is 0 Å². The van der Waals surface area contributed by atoms with Gasteiger partial charge in [0.2, 0.25) is 0 Å². The summed E-state index contributed by atoms with van der Waals surface area (Å²) in [7, 11) is 0. The van der Waals surface area contributed by atoms with Crippen molar-refractivity contribution < 1.29 is 23.3 Å². The standard InChI is InChI=1S/C19H19.C9H13.2CH3.2ClH.Si.Zr/c1-19(2,3)16-11-8-15(9-12-16)18-13-10-14-6-4-5-7-17(14)18;1-6-5-7(2)9(4)8(6)3;;;;;;/h4-13H,1-3H3;6H,1-4H3;2*1H3;2*1H;;/q4*-1;;;;. The molecule has 3 aromatic carbocycles. The Bertz CT molecular complexity index is 1050. The molecule has 0 N–H and O–H groups in total. The summed E-state index contributed by atoms with van der Waals surface area (Å²) in [6.07, 6.45) is 3.36. The maximum atomic E-state index is 3.36. The van der Waals surface area contributed by atoms with Gasteiger partial charge in [-0.3, -0.25) is 6.08 Å². The van der Waals surface area contributed by atoms with Crippen molar-refractivity contribution in [2.75, 3.05) is 0 Å². The monoisotopic (exact) mass is 588 g/mol. The molecule has 1 aliphatic carbocycles. The van der Waals surface area contributed by atoms with Gasteiger partial charge < -0.3 is 14.9 Å². The van der Waals surface area contributed by atoms with Crippen molar-refractivity contribution in [2.24, 2.45) is 5.92 Å². The minimum absolute atomic E-state index is 0. The van der Waals surface area contributed by atoms with Gasteiger partial charge in [-0.2, -0.15) is 11.1 Å². The fraction of sp³-hybridized carbons (Fsp3) is 0.300. The van der Waals surface area contributed by atoms with Crippen molar-refractivity contribution in [2.45, 2.75) is 53.9 Å². The summed E-state index contributed by atoms with van der Waals surface area (Å²) < 4.78 is 0. The number of hydrogen-bond acceptors (Lipinski definition) is 0. The van der Waals surface area contributed by atoms with Gasteiger partial charge in [-0.05, 0) is 11.0 Å². The Hall–Kier alpha value is -0.790. The second-order valence-corrected chi connectivity index (χ2v) is 8.96. The number of allylic oxidation sites excluding steroid dienone is 4. The van der Waals surface area contributed by atoms with Crippen LogP contribution in [0.2, 0.25) is 0 Å². The second kappa shape index (κ2) is 16.8. The number of hydrogen-bond donors (Lipinski definition) is 0. The van der Waals surface area contributed by atoms with E-state index in [9.17, 15) is 0 Å². The maximum absolute atomic E-state index is 3.36. The van der Waals surface area contributed by atoms with E-state index in [0.717, 1.165) is 0 Å². The van der Waals surface area contributed by atoms with E-state index in [-0.39, 0.29) is 45.1 Å². The van der Waals surface area contributed by atoms with Crippen LogP contribution in [0.1, 0.15) is 54.0 Å². The molecular formula is C30H40Cl2SiZr-4. The summed E-state index contributed by atoms with van der Waals surface area (Å²) in [5.74, 6) is 0.560. The summed E-state index contributed by atoms with van der Waals surface area (Å²) in [5, 5.41) is 2.66. The SMILES string of the molecule is CC(C)(C)c1ccc(-c2c[cH-]c3ccccc23)cc1.CC1=[C-]C(C)C(C)=C1C.Cl.Cl.[CH3-].[CH3-].[Si]=[Zr]. The predicted molar refractivity (Wildman–Crippen MR) is 157 cm³/mol. The Morgan fingerprint density at radius 1 is 0.882 bits per heavy atom. The van der Waals surface area contributed by atoms with E-state index in [4.69, 9.17) is 0 Å². The number of halogens is 2. The van der Waals surface area contributed by atoms with E-state index in [2.05, 4.69) is 122 Å². The van der Waals surface area contributed by atoms with Crippen molar-refractivity contribution in [1.82, 2.24) is 0 Å². The first kappa shape index (κ1) is 37.8. The zero-order chi connectivity index (χ0) is 22.5. The normalized spacial score (nSPS) is 13.9. The zero-order valence-electron chi connectivity index (χ0n) is 22.2. The molecular weight excluding hydrogens is 551 g/mol. The third-order valence-corrected chi connectivity index (χ3v) is 5.98. The van der Waals surface area contributed by atoms with E-state index in [1.165, 1.54) is 67.5 Å². The molecule has 0 amide bonds. The van der Waals surface area contributed by atoms with E-state index in [0.29, 0.717) is 5.92 Å². The minimum atomic E-state index is 0. The van der Waals surface area contributed by atoms with Crippen LogP contribution in [0.3, 0.4) is 0 Å². The van der Waals surface area contributed by atoms with Crippen molar-refractivity contribution >= 4 is 42.5 Å². The topological polar surface area (TPSA) is 0 Å². The van der Waals surface area contributed by atoms with Crippen LogP contribution < -0.4 is 0 Å². The average Bonchev–Trinajstić information content (AvgIpc) is 3.26. The third-order valence-electron chi connectivity index (χ3n) is 5.98. The van der Waals surface area contributed by atoms with Crippen LogP contribution in [0, 0.1) is 26.8 Å². The quantitative estimate of drug-likeness (QED) is 0.196. The first-order valence-electron chi connectivity index (χ1n) is 10.5. The van der Waals surface area contributed by atoms with Crippen molar-refractivity contribution in [3.05, 3.63) is 104 Å². The van der Waals surface area contributed by atoms with Gasteiger partial charge in [0.15, 0.2) is 0 Å². The van der Waals surface area contributed by atoms with Gasteiger partial charge in [0.1, 0.15) is 0 Å². The number of benzene rings is 2. The molecule has 2 radical (unpaired) electrons. The van der Waals surface area contributed by atoms with Crippen LogP contribution in [0.15, 0.2) is 77.4 Å². The summed E-state index contributed by atoms with van der Waals surface area (Å²) in [6, 6.07) is 22.0. The Morgan fingerprint density at radius 2 is 1.41 bits per heavy atom. The Kier molecular flexibility index (Phi) is 18.7. The summed E-state index contributed by atoms with van der Waals surface area (Å²) in [4.78, 5) is 0. The van der Waals surface area contributed by atoms with Gasteiger partial charge in [0.05, 0.1) is 0 Å². The van der Waals surface area contributed by atoms with Crippen LogP contribution in [-0.2, 0) is 28.8 Å². The molecule has 0 saturated heterocycles. The Balaban J connectivity index is -0.000000555. The average molecular weight is 591 g/mol. The summed E-state index contributed by atoms with van der Waals surface area (Å²) in [6.45, 7) is 18.5. The fourth-order valence-electron chi connectivity index (χ4n) is 3.71. The molecule has 0 nitrogen and oxygen atoms in total. The summed E-state index contributed by atoms with van der Waals surface area (Å²) >= 11 is 1.36. The van der Waals surface area contributed by atoms with Crippen LogP contribution in [0.4, 0.5) is 0 Å². The van der Waals surface area contributed by atoms with Gasteiger partial charge >= 0.3 is 30.2 Å². The van der Waals surface area contributed by atoms with E-state index >= 15 is 0 Å². The van der Waals surface area contributed by atoms with Crippen molar-refractivity contribution in [1.29, 1.82) is 0 Å². The molecule has 34 heavy (non-hydrogen) atoms. The second-order valence-electron chi connectivity index (χ2n) is 8.96.